The van der Waals surface area contributed by atoms with Crippen LogP contribution in [0.1, 0.15) is 26.7 Å². The molecule has 0 spiro atoms. The Morgan fingerprint density at radius 3 is 3.06 bits per heavy atom. The van der Waals surface area contributed by atoms with Crippen LogP contribution in [-0.4, -0.2) is 19.1 Å². The molecule has 3 rings (SSSR count). The van der Waals surface area contributed by atoms with Crippen molar-refractivity contribution in [3.63, 3.8) is 0 Å². The number of para-hydroxylation sites is 1. The molecular weight excluding hydrogens is 232 g/mol. The van der Waals surface area contributed by atoms with Crippen LogP contribution in [0, 0.1) is 5.41 Å². The standard InChI is InChI=1S/C14H19ClN2/c1-14(2)7-4-8-17-11-6-3-5-10(15)13(11)16-9-12(14)17/h3,5-6,12,16H,4,7-9H2,1-2H3. The van der Waals surface area contributed by atoms with Gasteiger partial charge in [0.15, 0.2) is 0 Å². The van der Waals surface area contributed by atoms with Crippen LogP contribution < -0.4 is 10.2 Å². The van der Waals surface area contributed by atoms with Gasteiger partial charge < -0.3 is 10.2 Å². The van der Waals surface area contributed by atoms with Gasteiger partial charge in [-0.15, -0.1) is 0 Å². The summed E-state index contributed by atoms with van der Waals surface area (Å²) in [5.41, 5.74) is 2.77. The Morgan fingerprint density at radius 1 is 1.41 bits per heavy atom. The second kappa shape index (κ2) is 3.81. The van der Waals surface area contributed by atoms with Gasteiger partial charge in [0.25, 0.3) is 0 Å². The predicted molar refractivity (Wildman–Crippen MR) is 74.1 cm³/mol. The van der Waals surface area contributed by atoms with Gasteiger partial charge in [-0.25, -0.2) is 0 Å². The number of halogens is 1. The maximum atomic E-state index is 6.26. The molecule has 0 radical (unpaired) electrons. The molecule has 2 nitrogen and oxygen atoms in total. The van der Waals surface area contributed by atoms with Crippen LogP contribution in [0.4, 0.5) is 11.4 Å². The number of nitrogens with zero attached hydrogens (tertiary/aromatic N) is 1. The summed E-state index contributed by atoms with van der Waals surface area (Å²) >= 11 is 6.26. The molecule has 1 N–H and O–H groups in total. The Kier molecular flexibility index (Phi) is 2.51. The van der Waals surface area contributed by atoms with Gasteiger partial charge in [-0.2, -0.15) is 0 Å². The van der Waals surface area contributed by atoms with E-state index in [1.807, 2.05) is 12.1 Å². The fourth-order valence-corrected chi connectivity index (χ4v) is 3.49. The highest BCUT2D eigenvalue weighted by molar-refractivity contribution is 6.34. The second-order valence-corrected chi connectivity index (χ2v) is 6.22. The Balaban J connectivity index is 2.04. The molecule has 2 aliphatic rings. The molecule has 0 saturated carbocycles. The molecule has 2 heterocycles. The normalized spacial score (nSPS) is 25.8. The minimum absolute atomic E-state index is 0.380. The fourth-order valence-electron chi connectivity index (χ4n) is 3.25. The first-order valence-corrected chi connectivity index (χ1v) is 6.76. The maximum Gasteiger partial charge on any atom is 0.0768 e. The number of fused-ring (bicyclic) bond motifs is 3. The van der Waals surface area contributed by atoms with Gasteiger partial charge in [0.05, 0.1) is 22.4 Å². The molecule has 0 aromatic heterocycles. The first kappa shape index (κ1) is 11.2. The molecule has 0 aliphatic carbocycles. The van der Waals surface area contributed by atoms with E-state index in [1.165, 1.54) is 18.5 Å². The average Bonchev–Trinajstić information content (AvgIpc) is 2.29. The Labute approximate surface area is 108 Å². The van der Waals surface area contributed by atoms with Crippen molar-refractivity contribution in [1.82, 2.24) is 0 Å². The smallest absolute Gasteiger partial charge is 0.0768 e. The summed E-state index contributed by atoms with van der Waals surface area (Å²) in [5, 5.41) is 4.35. The van der Waals surface area contributed by atoms with Gasteiger partial charge in [-0.1, -0.05) is 31.5 Å². The number of nitrogens with one attached hydrogen (secondary N) is 1. The number of piperidine rings is 1. The molecule has 0 amide bonds. The largest absolute Gasteiger partial charge is 0.380 e. The summed E-state index contributed by atoms with van der Waals surface area (Å²) in [6.45, 7) is 6.91. The Bertz CT molecular complexity index is 442. The molecule has 17 heavy (non-hydrogen) atoms. The van der Waals surface area contributed by atoms with Crippen LogP contribution in [0.15, 0.2) is 18.2 Å². The van der Waals surface area contributed by atoms with Gasteiger partial charge >= 0.3 is 0 Å². The van der Waals surface area contributed by atoms with Crippen LogP contribution >= 0.6 is 11.6 Å². The molecule has 3 heteroatoms. The topological polar surface area (TPSA) is 15.3 Å². The van der Waals surface area contributed by atoms with Crippen molar-refractivity contribution in [1.29, 1.82) is 0 Å². The fraction of sp³-hybridized carbons (Fsp3) is 0.571. The summed E-state index contributed by atoms with van der Waals surface area (Å²) in [7, 11) is 0. The summed E-state index contributed by atoms with van der Waals surface area (Å²) < 4.78 is 0. The van der Waals surface area contributed by atoms with Gasteiger partial charge in [-0.05, 0) is 30.4 Å². The second-order valence-electron chi connectivity index (χ2n) is 5.82. The number of anilines is 2. The Morgan fingerprint density at radius 2 is 2.24 bits per heavy atom. The first-order valence-electron chi connectivity index (χ1n) is 6.39. The third-order valence-electron chi connectivity index (χ3n) is 4.27. The quantitative estimate of drug-likeness (QED) is 0.754. The van der Waals surface area contributed by atoms with E-state index in [4.69, 9.17) is 11.6 Å². The van der Waals surface area contributed by atoms with E-state index in [1.54, 1.807) is 0 Å². The maximum absolute atomic E-state index is 6.26. The van der Waals surface area contributed by atoms with Crippen molar-refractivity contribution in [2.75, 3.05) is 23.3 Å². The monoisotopic (exact) mass is 250 g/mol. The van der Waals surface area contributed by atoms with E-state index in [0.717, 1.165) is 23.8 Å². The molecule has 1 aromatic rings. The lowest BCUT2D eigenvalue weighted by Gasteiger charge is -2.51. The molecule has 1 atom stereocenters. The van der Waals surface area contributed by atoms with Crippen molar-refractivity contribution in [3.05, 3.63) is 23.2 Å². The number of hydrogen-bond donors (Lipinski definition) is 1. The molecule has 2 aliphatic heterocycles. The molecular formula is C14H19ClN2. The number of hydrogen-bond acceptors (Lipinski definition) is 2. The summed E-state index contributed by atoms with van der Waals surface area (Å²) in [6, 6.07) is 6.78. The van der Waals surface area contributed by atoms with Crippen LogP contribution in [-0.2, 0) is 0 Å². The molecule has 1 unspecified atom stereocenters. The van der Waals surface area contributed by atoms with Crippen molar-refractivity contribution >= 4 is 23.0 Å². The summed E-state index contributed by atoms with van der Waals surface area (Å²) in [4.78, 5) is 2.54. The van der Waals surface area contributed by atoms with Crippen molar-refractivity contribution < 1.29 is 0 Å². The van der Waals surface area contributed by atoms with Gasteiger partial charge in [0.2, 0.25) is 0 Å². The predicted octanol–water partition coefficient (Wildman–Crippen LogP) is 3.76. The van der Waals surface area contributed by atoms with Crippen LogP contribution in [0.3, 0.4) is 0 Å². The Hall–Kier alpha value is -0.890. The molecule has 1 fully saturated rings. The number of rotatable bonds is 0. The minimum atomic E-state index is 0.380. The average molecular weight is 251 g/mol. The molecule has 1 aromatic carbocycles. The first-order chi connectivity index (χ1) is 8.09. The highest BCUT2D eigenvalue weighted by Gasteiger charge is 2.40. The van der Waals surface area contributed by atoms with Gasteiger partial charge in [0, 0.05) is 13.1 Å². The lowest BCUT2D eigenvalue weighted by molar-refractivity contribution is 0.217. The van der Waals surface area contributed by atoms with Crippen molar-refractivity contribution in [2.24, 2.45) is 5.41 Å². The SMILES string of the molecule is CC1(C)CCCN2c3cccc(Cl)c3NCC21. The van der Waals surface area contributed by atoms with E-state index in [-0.39, 0.29) is 0 Å². The lowest BCUT2D eigenvalue weighted by atomic mass is 9.75. The van der Waals surface area contributed by atoms with Gasteiger partial charge in [-0.3, -0.25) is 0 Å². The zero-order valence-electron chi connectivity index (χ0n) is 10.5. The molecule has 92 valence electrons. The van der Waals surface area contributed by atoms with E-state index in [2.05, 4.69) is 30.1 Å². The highest BCUT2D eigenvalue weighted by Crippen LogP contribution is 2.44. The van der Waals surface area contributed by atoms with E-state index in [9.17, 15) is 0 Å². The van der Waals surface area contributed by atoms with E-state index < -0.39 is 0 Å². The van der Waals surface area contributed by atoms with E-state index in [0.29, 0.717) is 11.5 Å². The third-order valence-corrected chi connectivity index (χ3v) is 4.59. The summed E-state index contributed by atoms with van der Waals surface area (Å²) in [6.07, 6.45) is 2.58. The van der Waals surface area contributed by atoms with Crippen LogP contribution in [0.5, 0.6) is 0 Å². The van der Waals surface area contributed by atoms with Crippen LogP contribution in [0.2, 0.25) is 5.02 Å². The van der Waals surface area contributed by atoms with Crippen LogP contribution in [0.25, 0.3) is 0 Å². The lowest BCUT2D eigenvalue weighted by Crippen LogP contribution is -2.55. The highest BCUT2D eigenvalue weighted by atomic mass is 35.5. The minimum Gasteiger partial charge on any atom is -0.380 e. The number of benzene rings is 1. The van der Waals surface area contributed by atoms with Gasteiger partial charge in [0.1, 0.15) is 0 Å². The molecule has 0 bridgehead atoms. The van der Waals surface area contributed by atoms with Crippen molar-refractivity contribution in [3.8, 4) is 0 Å². The van der Waals surface area contributed by atoms with E-state index >= 15 is 0 Å². The third kappa shape index (κ3) is 1.70. The molecule has 1 saturated heterocycles. The zero-order valence-corrected chi connectivity index (χ0v) is 11.2. The zero-order chi connectivity index (χ0) is 12.0. The van der Waals surface area contributed by atoms with Crippen molar-refractivity contribution in [2.45, 2.75) is 32.7 Å². The summed E-state index contributed by atoms with van der Waals surface area (Å²) in [5.74, 6) is 0.